The van der Waals surface area contributed by atoms with Crippen molar-refractivity contribution in [2.24, 2.45) is 11.7 Å². The summed E-state index contributed by atoms with van der Waals surface area (Å²) in [4.78, 5) is 32.5. The first-order valence-corrected chi connectivity index (χ1v) is 4.42. The lowest BCUT2D eigenvalue weighted by atomic mass is 10.4. The molecule has 0 aromatic rings. The zero-order valence-corrected chi connectivity index (χ0v) is 8.52. The SMILES string of the molecule is NNCCC(=O)OC(=O)OC(=O)CCNN. The van der Waals surface area contributed by atoms with Crippen LogP contribution in [0.2, 0.25) is 0 Å². The van der Waals surface area contributed by atoms with Gasteiger partial charge >= 0.3 is 18.1 Å². The topological polar surface area (TPSA) is 146 Å². The van der Waals surface area contributed by atoms with Crippen molar-refractivity contribution in [1.82, 2.24) is 10.9 Å². The third kappa shape index (κ3) is 7.82. The van der Waals surface area contributed by atoms with Gasteiger partial charge in [0.2, 0.25) is 0 Å². The van der Waals surface area contributed by atoms with Crippen molar-refractivity contribution in [2.45, 2.75) is 12.8 Å². The van der Waals surface area contributed by atoms with Crippen molar-refractivity contribution in [3.8, 4) is 0 Å². The summed E-state index contributed by atoms with van der Waals surface area (Å²) in [5.74, 6) is 8.11. The van der Waals surface area contributed by atoms with Gasteiger partial charge in [-0.05, 0) is 0 Å². The Morgan fingerprint density at radius 1 is 0.875 bits per heavy atom. The molecule has 0 aromatic heterocycles. The number of hydrogen-bond donors (Lipinski definition) is 4. The molecule has 0 aliphatic heterocycles. The van der Waals surface area contributed by atoms with Crippen LogP contribution in [0.3, 0.4) is 0 Å². The third-order valence-electron chi connectivity index (χ3n) is 1.34. The molecule has 9 heteroatoms. The van der Waals surface area contributed by atoms with Crippen LogP contribution in [0.25, 0.3) is 0 Å². The predicted molar refractivity (Wildman–Crippen MR) is 51.2 cm³/mol. The molecule has 92 valence electrons. The van der Waals surface area contributed by atoms with Crippen LogP contribution in [0.4, 0.5) is 4.79 Å². The highest BCUT2D eigenvalue weighted by Gasteiger charge is 2.15. The number of nitrogens with two attached hydrogens (primary N) is 2. The largest absolute Gasteiger partial charge is 0.524 e. The summed E-state index contributed by atoms with van der Waals surface area (Å²) < 4.78 is 8.27. The smallest absolute Gasteiger partial charge is 0.360 e. The minimum absolute atomic E-state index is 0.107. The van der Waals surface area contributed by atoms with E-state index in [1.807, 2.05) is 0 Å². The summed E-state index contributed by atoms with van der Waals surface area (Å²) in [5, 5.41) is 0. The fourth-order valence-corrected chi connectivity index (χ4v) is 0.657. The molecule has 0 heterocycles. The molecule has 0 amide bonds. The van der Waals surface area contributed by atoms with Gasteiger partial charge in [0.15, 0.2) is 0 Å². The van der Waals surface area contributed by atoms with Crippen molar-refractivity contribution >= 4 is 18.1 Å². The van der Waals surface area contributed by atoms with Crippen molar-refractivity contribution in [3.63, 3.8) is 0 Å². The number of nitrogens with one attached hydrogen (secondary N) is 2. The quantitative estimate of drug-likeness (QED) is 0.175. The van der Waals surface area contributed by atoms with Gasteiger partial charge in [0.05, 0.1) is 12.8 Å². The van der Waals surface area contributed by atoms with Crippen LogP contribution in [0, 0.1) is 0 Å². The fraction of sp³-hybridized carbons (Fsp3) is 0.571. The molecule has 0 bridgehead atoms. The Bertz CT molecular complexity index is 233. The van der Waals surface area contributed by atoms with Gasteiger partial charge in [0.25, 0.3) is 0 Å². The lowest BCUT2D eigenvalue weighted by Gasteiger charge is -2.03. The molecule has 0 aliphatic carbocycles. The van der Waals surface area contributed by atoms with E-state index in [1.54, 1.807) is 0 Å². The van der Waals surface area contributed by atoms with E-state index in [-0.39, 0.29) is 25.9 Å². The molecule has 6 N–H and O–H groups in total. The van der Waals surface area contributed by atoms with Crippen molar-refractivity contribution in [3.05, 3.63) is 0 Å². The van der Waals surface area contributed by atoms with Gasteiger partial charge in [-0.1, -0.05) is 0 Å². The molecule has 0 radical (unpaired) electrons. The highest BCUT2D eigenvalue weighted by atomic mass is 16.8. The highest BCUT2D eigenvalue weighted by Crippen LogP contribution is 1.93. The highest BCUT2D eigenvalue weighted by molar-refractivity contribution is 5.88. The van der Waals surface area contributed by atoms with Gasteiger partial charge in [-0.3, -0.25) is 32.1 Å². The summed E-state index contributed by atoms with van der Waals surface area (Å²) in [6, 6.07) is 0. The Morgan fingerprint density at radius 3 is 1.56 bits per heavy atom. The van der Waals surface area contributed by atoms with Crippen molar-refractivity contribution in [1.29, 1.82) is 0 Å². The monoisotopic (exact) mass is 234 g/mol. The zero-order chi connectivity index (χ0) is 12.4. The number of rotatable bonds is 6. The maximum Gasteiger partial charge on any atom is 0.524 e. The van der Waals surface area contributed by atoms with E-state index in [1.165, 1.54) is 0 Å². The van der Waals surface area contributed by atoms with Gasteiger partial charge in [-0.25, -0.2) is 4.79 Å². The lowest BCUT2D eigenvalue weighted by Crippen LogP contribution is -2.28. The minimum atomic E-state index is -1.36. The van der Waals surface area contributed by atoms with Gasteiger partial charge in [-0.2, -0.15) is 0 Å². The first-order valence-electron chi connectivity index (χ1n) is 4.42. The zero-order valence-electron chi connectivity index (χ0n) is 8.52. The molecule has 0 unspecified atom stereocenters. The molecule has 0 saturated heterocycles. The molecule has 0 fully saturated rings. The first-order chi connectivity index (χ1) is 7.60. The van der Waals surface area contributed by atoms with Crippen LogP contribution >= 0.6 is 0 Å². The number of hydrazine groups is 2. The Hall–Kier alpha value is -1.55. The Balaban J connectivity index is 3.72. The first kappa shape index (κ1) is 14.5. The van der Waals surface area contributed by atoms with Gasteiger partial charge in [0, 0.05) is 13.1 Å². The summed E-state index contributed by atoms with van der Waals surface area (Å²) in [6.45, 7) is 0.300. The van der Waals surface area contributed by atoms with E-state index < -0.39 is 18.1 Å². The second-order valence-electron chi connectivity index (χ2n) is 2.61. The van der Waals surface area contributed by atoms with Gasteiger partial charge in [-0.15, -0.1) is 0 Å². The van der Waals surface area contributed by atoms with Crippen LogP contribution in [0.5, 0.6) is 0 Å². The fourth-order valence-electron chi connectivity index (χ4n) is 0.657. The summed E-state index contributed by atoms with van der Waals surface area (Å²) in [7, 11) is 0. The van der Waals surface area contributed by atoms with Crippen LogP contribution in [0.15, 0.2) is 0 Å². The summed E-state index contributed by atoms with van der Waals surface area (Å²) >= 11 is 0. The van der Waals surface area contributed by atoms with Crippen LogP contribution in [-0.2, 0) is 19.1 Å². The number of carbonyl (C=O) groups excluding carboxylic acids is 3. The Labute approximate surface area is 91.4 Å². The average Bonchev–Trinajstić information content (AvgIpc) is 2.23. The van der Waals surface area contributed by atoms with Crippen LogP contribution < -0.4 is 22.5 Å². The average molecular weight is 234 g/mol. The molecule has 0 spiro atoms. The molecule has 0 saturated carbocycles. The minimum Gasteiger partial charge on any atom is -0.360 e. The van der Waals surface area contributed by atoms with Crippen LogP contribution in [-0.4, -0.2) is 31.2 Å². The molecule has 9 nitrogen and oxygen atoms in total. The van der Waals surface area contributed by atoms with Crippen molar-refractivity contribution < 1.29 is 23.9 Å². The lowest BCUT2D eigenvalue weighted by molar-refractivity contribution is -0.146. The standard InChI is InChI=1S/C7H14N4O5/c8-10-3-1-5(12)15-7(14)16-6(13)2-4-11-9/h10-11H,1-4,8-9H2. The number of esters is 2. The molecule has 16 heavy (non-hydrogen) atoms. The molecular formula is C7H14N4O5. The van der Waals surface area contributed by atoms with Crippen LogP contribution in [0.1, 0.15) is 12.8 Å². The van der Waals surface area contributed by atoms with E-state index in [2.05, 4.69) is 20.3 Å². The predicted octanol–water partition coefficient (Wildman–Crippen LogP) is -2.10. The second kappa shape index (κ2) is 8.73. The van der Waals surface area contributed by atoms with E-state index in [4.69, 9.17) is 11.7 Å². The molecular weight excluding hydrogens is 220 g/mol. The second-order valence-corrected chi connectivity index (χ2v) is 2.61. The molecule has 0 rings (SSSR count). The normalized spacial score (nSPS) is 9.62. The van der Waals surface area contributed by atoms with E-state index >= 15 is 0 Å². The van der Waals surface area contributed by atoms with E-state index in [9.17, 15) is 14.4 Å². The number of hydrogen-bond acceptors (Lipinski definition) is 9. The summed E-state index contributed by atoms with van der Waals surface area (Å²) in [6.07, 6.45) is -1.57. The Kier molecular flexibility index (Phi) is 7.89. The number of ether oxygens (including phenoxy) is 2. The van der Waals surface area contributed by atoms with Gasteiger partial charge < -0.3 is 9.47 Å². The van der Waals surface area contributed by atoms with E-state index in [0.717, 1.165) is 0 Å². The Morgan fingerprint density at radius 2 is 1.25 bits per heavy atom. The maximum absolute atomic E-state index is 10.8. The molecule has 0 aliphatic rings. The third-order valence-corrected chi connectivity index (χ3v) is 1.34. The van der Waals surface area contributed by atoms with E-state index in [0.29, 0.717) is 0 Å². The van der Waals surface area contributed by atoms with Crippen molar-refractivity contribution in [2.75, 3.05) is 13.1 Å². The van der Waals surface area contributed by atoms with Gasteiger partial charge in [0.1, 0.15) is 0 Å². The molecule has 0 aromatic carbocycles. The maximum atomic E-state index is 10.8. The number of carbonyl (C=O) groups is 3. The summed E-state index contributed by atoms with van der Waals surface area (Å²) in [5.41, 5.74) is 4.40. The molecule has 0 atom stereocenters.